The molecule has 0 aliphatic carbocycles. The van der Waals surface area contributed by atoms with Gasteiger partial charge in [-0.25, -0.2) is 0 Å². The molecule has 0 saturated carbocycles. The Kier molecular flexibility index (Phi) is 57.9. The molecule has 1 rings (SSSR count). The number of ether oxygens (including phenoxy) is 2. The number of aliphatic hydroxyl groups excluding tert-OH is 5. The lowest BCUT2D eigenvalue weighted by molar-refractivity contribution is -0.302. The highest BCUT2D eigenvalue weighted by Gasteiger charge is 2.44. The fourth-order valence-corrected chi connectivity index (χ4v) is 11.1. The van der Waals surface area contributed by atoms with Crippen LogP contribution in [-0.2, 0) is 14.3 Å². The van der Waals surface area contributed by atoms with Crippen LogP contribution in [0.5, 0.6) is 0 Å². The topological polar surface area (TPSA) is 149 Å². The van der Waals surface area contributed by atoms with Crippen molar-refractivity contribution in [1.82, 2.24) is 5.32 Å². The molecule has 0 bridgehead atoms. The van der Waals surface area contributed by atoms with Crippen molar-refractivity contribution in [1.29, 1.82) is 0 Å². The van der Waals surface area contributed by atoms with Crippen molar-refractivity contribution < 1.29 is 39.8 Å². The Morgan fingerprint density at radius 2 is 0.741 bits per heavy atom. The normalized spacial score (nSPS) is 18.7. The molecule has 0 aromatic carbocycles. The van der Waals surface area contributed by atoms with Crippen LogP contribution in [0, 0.1) is 0 Å². The highest BCUT2D eigenvalue weighted by Crippen LogP contribution is 2.23. The summed E-state index contributed by atoms with van der Waals surface area (Å²) in [5.74, 6) is -0.184. The molecule has 0 aromatic heterocycles. The van der Waals surface area contributed by atoms with Gasteiger partial charge < -0.3 is 40.3 Å². The third-order valence-electron chi connectivity index (χ3n) is 16.6. The number of carbonyl (C=O) groups excluding carboxylic acids is 1. The predicted molar refractivity (Wildman–Crippen MR) is 346 cm³/mol. The summed E-state index contributed by atoms with van der Waals surface area (Å²) < 4.78 is 11.3. The second kappa shape index (κ2) is 61.0. The van der Waals surface area contributed by atoms with E-state index < -0.39 is 49.5 Å². The minimum atomic E-state index is -1.57. The Morgan fingerprint density at radius 1 is 0.420 bits per heavy atom. The number of amides is 1. The van der Waals surface area contributed by atoms with Crippen molar-refractivity contribution in [3.63, 3.8) is 0 Å². The Hall–Kier alpha value is -2.11. The molecule has 7 unspecified atom stereocenters. The Labute approximate surface area is 500 Å². The van der Waals surface area contributed by atoms with E-state index in [9.17, 15) is 30.3 Å². The van der Waals surface area contributed by atoms with Crippen LogP contribution in [0.3, 0.4) is 0 Å². The Morgan fingerprint density at radius 3 is 1.12 bits per heavy atom. The lowest BCUT2D eigenvalue weighted by atomic mass is 9.99. The van der Waals surface area contributed by atoms with Gasteiger partial charge in [-0.15, -0.1) is 0 Å². The van der Waals surface area contributed by atoms with Gasteiger partial charge in [0, 0.05) is 6.42 Å². The van der Waals surface area contributed by atoms with Gasteiger partial charge >= 0.3 is 0 Å². The Bertz CT molecular complexity index is 1460. The second-order valence-electron chi connectivity index (χ2n) is 24.3. The standard InChI is InChI=1S/C72H133NO8/c1-3-5-7-9-11-13-15-17-19-21-23-25-27-29-31-33-35-37-39-41-43-45-47-49-51-53-55-57-59-61-66(75)65(64-80-72-71(79)70(78)69(77)67(63-74)81-72)73-68(76)62-60-58-56-54-52-50-48-46-44-42-40-38-36-34-32-30-28-26-24-22-20-18-16-14-12-10-8-6-4-2/h16,18,22,24,28,30,51,53,59,61,65-67,69-72,74-75,77-79H,3-15,17,19-21,23,25-27,29,31-50,52,54-58,60,62-64H2,1-2H3,(H,73,76)/b18-16-,24-22-,30-28-,53-51+,61-59+. The van der Waals surface area contributed by atoms with E-state index in [-0.39, 0.29) is 12.5 Å². The molecule has 1 heterocycles. The van der Waals surface area contributed by atoms with E-state index in [2.05, 4.69) is 67.8 Å². The number of aliphatic hydroxyl groups is 5. The van der Waals surface area contributed by atoms with Crippen molar-refractivity contribution >= 4 is 5.91 Å². The summed E-state index contributed by atoms with van der Waals surface area (Å²) in [5, 5.41) is 54.7. The van der Waals surface area contributed by atoms with Crippen LogP contribution >= 0.6 is 0 Å². The first-order valence-corrected chi connectivity index (χ1v) is 35.0. The quantitative estimate of drug-likeness (QED) is 0.0261. The summed E-state index contributed by atoms with van der Waals surface area (Å²) >= 11 is 0. The molecule has 0 spiro atoms. The van der Waals surface area contributed by atoms with E-state index in [1.165, 1.54) is 263 Å². The fraction of sp³-hybridized carbons (Fsp3) is 0.847. The minimum absolute atomic E-state index is 0.184. The molecule has 1 amide bonds. The summed E-state index contributed by atoms with van der Waals surface area (Å²) in [7, 11) is 0. The van der Waals surface area contributed by atoms with Gasteiger partial charge in [-0.2, -0.15) is 0 Å². The molecule has 1 aliphatic heterocycles. The average molecular weight is 1140 g/mol. The van der Waals surface area contributed by atoms with Crippen molar-refractivity contribution in [3.8, 4) is 0 Å². The van der Waals surface area contributed by atoms with Crippen molar-refractivity contribution in [2.24, 2.45) is 0 Å². The molecule has 7 atom stereocenters. The van der Waals surface area contributed by atoms with Crippen LogP contribution in [0.2, 0.25) is 0 Å². The smallest absolute Gasteiger partial charge is 0.220 e. The van der Waals surface area contributed by atoms with Crippen LogP contribution in [0.15, 0.2) is 60.8 Å². The van der Waals surface area contributed by atoms with Crippen molar-refractivity contribution in [2.45, 2.75) is 378 Å². The lowest BCUT2D eigenvalue weighted by Gasteiger charge is -2.40. The second-order valence-corrected chi connectivity index (χ2v) is 24.3. The monoisotopic (exact) mass is 1140 g/mol. The maximum Gasteiger partial charge on any atom is 0.220 e. The van der Waals surface area contributed by atoms with Gasteiger partial charge in [-0.3, -0.25) is 4.79 Å². The van der Waals surface area contributed by atoms with Crippen LogP contribution in [0.4, 0.5) is 0 Å². The number of nitrogens with one attached hydrogen (secondary N) is 1. The number of hydrogen-bond donors (Lipinski definition) is 6. The van der Waals surface area contributed by atoms with Crippen LogP contribution in [-0.4, -0.2) is 87.5 Å². The van der Waals surface area contributed by atoms with Crippen LogP contribution in [0.25, 0.3) is 0 Å². The summed E-state index contributed by atoms with van der Waals surface area (Å²) in [6.45, 7) is 3.79. The van der Waals surface area contributed by atoms with Gasteiger partial charge in [0.25, 0.3) is 0 Å². The first-order valence-electron chi connectivity index (χ1n) is 35.0. The third kappa shape index (κ3) is 49.8. The van der Waals surface area contributed by atoms with E-state index in [4.69, 9.17) is 9.47 Å². The summed E-state index contributed by atoms with van der Waals surface area (Å²) in [6, 6.07) is -0.826. The highest BCUT2D eigenvalue weighted by atomic mass is 16.7. The van der Waals surface area contributed by atoms with Gasteiger partial charge in [-0.1, -0.05) is 319 Å². The molecule has 0 radical (unpaired) electrons. The van der Waals surface area contributed by atoms with Gasteiger partial charge in [0.2, 0.25) is 5.91 Å². The third-order valence-corrected chi connectivity index (χ3v) is 16.6. The van der Waals surface area contributed by atoms with Gasteiger partial charge in [0.15, 0.2) is 6.29 Å². The van der Waals surface area contributed by atoms with E-state index in [0.717, 1.165) is 51.4 Å². The van der Waals surface area contributed by atoms with E-state index in [1.807, 2.05) is 6.08 Å². The minimum Gasteiger partial charge on any atom is -0.394 e. The van der Waals surface area contributed by atoms with Crippen LogP contribution < -0.4 is 5.32 Å². The maximum atomic E-state index is 13.1. The largest absolute Gasteiger partial charge is 0.394 e. The number of unbranched alkanes of at least 4 members (excludes halogenated alkanes) is 43. The van der Waals surface area contributed by atoms with E-state index in [0.29, 0.717) is 6.42 Å². The molecular weight excluding hydrogens is 1010 g/mol. The fourth-order valence-electron chi connectivity index (χ4n) is 11.1. The molecule has 9 nitrogen and oxygen atoms in total. The number of allylic oxidation sites excluding steroid dienone is 9. The van der Waals surface area contributed by atoms with Crippen molar-refractivity contribution in [2.75, 3.05) is 13.2 Å². The summed E-state index contributed by atoms with van der Waals surface area (Å²) in [4.78, 5) is 13.1. The number of hydrogen-bond acceptors (Lipinski definition) is 8. The average Bonchev–Trinajstić information content (AvgIpc) is 3.51. The van der Waals surface area contributed by atoms with Gasteiger partial charge in [0.1, 0.15) is 24.4 Å². The molecule has 1 fully saturated rings. The number of rotatable bonds is 61. The molecule has 1 aliphatic rings. The highest BCUT2D eigenvalue weighted by molar-refractivity contribution is 5.76. The van der Waals surface area contributed by atoms with Crippen LogP contribution in [0.1, 0.15) is 335 Å². The maximum absolute atomic E-state index is 13.1. The van der Waals surface area contributed by atoms with Crippen molar-refractivity contribution in [3.05, 3.63) is 60.8 Å². The number of carbonyl (C=O) groups is 1. The van der Waals surface area contributed by atoms with E-state index in [1.54, 1.807) is 6.08 Å². The zero-order chi connectivity index (χ0) is 58.6. The molecule has 0 aromatic rings. The lowest BCUT2D eigenvalue weighted by Crippen LogP contribution is -2.60. The predicted octanol–water partition coefficient (Wildman–Crippen LogP) is 19.0. The Balaban J connectivity index is 2.16. The molecular formula is C72H133NO8. The molecule has 81 heavy (non-hydrogen) atoms. The van der Waals surface area contributed by atoms with Gasteiger partial charge in [0.05, 0.1) is 25.4 Å². The molecule has 9 heteroatoms. The SMILES string of the molecule is CCCCCCC/C=C\C/C=C\C/C=C\CCCCCCCCCCCCCCCCC(=O)NC(COC1OC(CO)C(O)C(O)C1O)C(O)/C=C/CC/C=C/CCCCCCCCCCCCCCCCCCCCCCCCC. The zero-order valence-corrected chi connectivity index (χ0v) is 53.0. The summed E-state index contributed by atoms with van der Waals surface area (Å²) in [6.07, 6.45) is 77.5. The summed E-state index contributed by atoms with van der Waals surface area (Å²) in [5.41, 5.74) is 0. The first-order chi connectivity index (χ1) is 39.8. The molecule has 1 saturated heterocycles. The zero-order valence-electron chi connectivity index (χ0n) is 53.0. The first kappa shape index (κ1) is 76.9. The van der Waals surface area contributed by atoms with Gasteiger partial charge in [-0.05, 0) is 70.6 Å². The van der Waals surface area contributed by atoms with E-state index >= 15 is 0 Å². The molecule has 474 valence electrons. The molecule has 6 N–H and O–H groups in total.